The van der Waals surface area contributed by atoms with Crippen molar-refractivity contribution in [3.05, 3.63) is 47.8 Å². The Kier molecular flexibility index (Phi) is 4.18. The van der Waals surface area contributed by atoms with Gasteiger partial charge in [-0.25, -0.2) is 18.4 Å². The molecule has 0 aliphatic rings. The Hall–Kier alpha value is -2.48. The van der Waals surface area contributed by atoms with E-state index in [4.69, 9.17) is 5.73 Å². The molecule has 1 amide bonds. The van der Waals surface area contributed by atoms with Crippen molar-refractivity contribution in [1.29, 1.82) is 0 Å². The highest BCUT2D eigenvalue weighted by atomic mass is 32.2. The number of amides is 1. The molecule has 0 spiro atoms. The molecule has 8 heteroatoms. The van der Waals surface area contributed by atoms with Crippen molar-refractivity contribution >= 4 is 27.4 Å². The first-order valence-corrected chi connectivity index (χ1v) is 8.05. The van der Waals surface area contributed by atoms with Crippen LogP contribution in [0.1, 0.15) is 15.9 Å². The van der Waals surface area contributed by atoms with Gasteiger partial charge in [0.1, 0.15) is 0 Å². The van der Waals surface area contributed by atoms with Gasteiger partial charge in [0, 0.05) is 24.3 Å². The van der Waals surface area contributed by atoms with Crippen LogP contribution in [0, 0.1) is 0 Å². The molecule has 0 aliphatic carbocycles. The quantitative estimate of drug-likeness (QED) is 0.846. The third kappa shape index (κ3) is 4.53. The molecule has 0 radical (unpaired) electrons. The zero-order chi connectivity index (χ0) is 15.5. The van der Waals surface area contributed by atoms with E-state index in [1.807, 2.05) is 0 Å². The Morgan fingerprint density at radius 1 is 1.19 bits per heavy atom. The number of carbonyl (C=O) groups is 1. The number of nitrogens with zero attached hydrogens (tertiary/aromatic N) is 2. The summed E-state index contributed by atoms with van der Waals surface area (Å²) in [6.45, 7) is 0. The van der Waals surface area contributed by atoms with E-state index in [-0.39, 0.29) is 11.3 Å². The van der Waals surface area contributed by atoms with E-state index < -0.39 is 15.7 Å². The number of benzene rings is 1. The largest absolute Gasteiger partial charge is 0.366 e. The maximum absolute atomic E-state index is 11.2. The first kappa shape index (κ1) is 14.9. The summed E-state index contributed by atoms with van der Waals surface area (Å²) in [7, 11) is -3.05. The molecule has 0 bridgehead atoms. The lowest BCUT2D eigenvalue weighted by Crippen LogP contribution is -2.12. The number of anilines is 2. The molecule has 1 aromatic carbocycles. The van der Waals surface area contributed by atoms with E-state index in [0.717, 1.165) is 0 Å². The minimum atomic E-state index is -3.05. The minimum Gasteiger partial charge on any atom is -0.366 e. The summed E-state index contributed by atoms with van der Waals surface area (Å²) >= 11 is 0. The second kappa shape index (κ2) is 5.88. The van der Waals surface area contributed by atoms with Crippen LogP contribution < -0.4 is 11.1 Å². The smallest absolute Gasteiger partial charge is 0.251 e. The van der Waals surface area contributed by atoms with E-state index in [1.165, 1.54) is 18.6 Å². The Morgan fingerprint density at radius 3 is 2.24 bits per heavy atom. The highest BCUT2D eigenvalue weighted by Gasteiger charge is 2.05. The van der Waals surface area contributed by atoms with Gasteiger partial charge in [-0.3, -0.25) is 4.79 Å². The fourth-order valence-electron chi connectivity index (χ4n) is 1.64. The van der Waals surface area contributed by atoms with E-state index >= 15 is 0 Å². The summed E-state index contributed by atoms with van der Waals surface area (Å²) in [4.78, 5) is 18.8. The minimum absolute atomic E-state index is 0.00289. The van der Waals surface area contributed by atoms with Crippen molar-refractivity contribution in [3.63, 3.8) is 0 Å². The molecule has 1 aromatic heterocycles. The van der Waals surface area contributed by atoms with Gasteiger partial charge < -0.3 is 11.1 Å². The molecular formula is C13H14N4O3S. The first-order valence-electron chi connectivity index (χ1n) is 5.99. The molecule has 21 heavy (non-hydrogen) atoms. The van der Waals surface area contributed by atoms with Crippen LogP contribution in [0.4, 0.5) is 11.6 Å². The Bertz CT molecular complexity index is 740. The molecule has 2 rings (SSSR count). The SMILES string of the molecule is CS(=O)(=O)Cc1ccc(Nc2ncc(C(N)=O)cn2)cc1. The molecule has 3 N–H and O–H groups in total. The van der Waals surface area contributed by atoms with Crippen molar-refractivity contribution in [2.24, 2.45) is 5.73 Å². The van der Waals surface area contributed by atoms with Crippen LogP contribution in [-0.4, -0.2) is 30.5 Å². The summed E-state index contributed by atoms with van der Waals surface area (Å²) in [6, 6.07) is 6.88. The predicted molar refractivity (Wildman–Crippen MR) is 78.8 cm³/mol. The Labute approximate surface area is 122 Å². The van der Waals surface area contributed by atoms with Crippen molar-refractivity contribution < 1.29 is 13.2 Å². The fraction of sp³-hybridized carbons (Fsp3) is 0.154. The number of sulfone groups is 1. The van der Waals surface area contributed by atoms with Gasteiger partial charge in [0.25, 0.3) is 5.91 Å². The van der Waals surface area contributed by atoms with Crippen LogP contribution in [-0.2, 0) is 15.6 Å². The fourth-order valence-corrected chi connectivity index (χ4v) is 2.43. The maximum Gasteiger partial charge on any atom is 0.251 e. The molecule has 0 saturated heterocycles. The van der Waals surface area contributed by atoms with E-state index in [9.17, 15) is 13.2 Å². The van der Waals surface area contributed by atoms with Crippen molar-refractivity contribution in [2.45, 2.75) is 5.75 Å². The van der Waals surface area contributed by atoms with Gasteiger partial charge in [-0.2, -0.15) is 0 Å². The first-order chi connectivity index (χ1) is 9.83. The average Bonchev–Trinajstić information content (AvgIpc) is 2.40. The van der Waals surface area contributed by atoms with E-state index in [1.54, 1.807) is 24.3 Å². The molecular weight excluding hydrogens is 292 g/mol. The van der Waals surface area contributed by atoms with Gasteiger partial charge in [-0.05, 0) is 17.7 Å². The van der Waals surface area contributed by atoms with Crippen LogP contribution in [0.2, 0.25) is 0 Å². The molecule has 0 fully saturated rings. The standard InChI is InChI=1S/C13H14N4O3S/c1-21(19,20)8-9-2-4-11(5-3-9)17-13-15-6-10(7-16-13)12(14)18/h2-7H,8H2,1H3,(H2,14,18)(H,15,16,17). The highest BCUT2D eigenvalue weighted by molar-refractivity contribution is 7.89. The second-order valence-electron chi connectivity index (χ2n) is 4.55. The van der Waals surface area contributed by atoms with Gasteiger partial charge in [-0.15, -0.1) is 0 Å². The van der Waals surface area contributed by atoms with Gasteiger partial charge in [0.05, 0.1) is 11.3 Å². The van der Waals surface area contributed by atoms with Crippen LogP contribution >= 0.6 is 0 Å². The van der Waals surface area contributed by atoms with Crippen LogP contribution in [0.15, 0.2) is 36.7 Å². The molecule has 0 unspecified atom stereocenters. The van der Waals surface area contributed by atoms with Gasteiger partial charge in [0.15, 0.2) is 9.84 Å². The lowest BCUT2D eigenvalue weighted by atomic mass is 10.2. The van der Waals surface area contributed by atoms with Crippen molar-refractivity contribution in [2.75, 3.05) is 11.6 Å². The number of rotatable bonds is 5. The number of hydrogen-bond acceptors (Lipinski definition) is 6. The molecule has 0 aliphatic heterocycles. The Morgan fingerprint density at radius 2 is 1.76 bits per heavy atom. The van der Waals surface area contributed by atoms with E-state index in [2.05, 4.69) is 15.3 Å². The second-order valence-corrected chi connectivity index (χ2v) is 6.69. The summed E-state index contributed by atoms with van der Waals surface area (Å²) in [5, 5.41) is 2.94. The van der Waals surface area contributed by atoms with E-state index in [0.29, 0.717) is 17.2 Å². The topological polar surface area (TPSA) is 115 Å². The van der Waals surface area contributed by atoms with Crippen molar-refractivity contribution in [3.8, 4) is 0 Å². The summed E-state index contributed by atoms with van der Waals surface area (Å²) in [6.07, 6.45) is 3.85. The summed E-state index contributed by atoms with van der Waals surface area (Å²) < 4.78 is 22.4. The molecule has 2 aromatic rings. The van der Waals surface area contributed by atoms with Crippen LogP contribution in [0.3, 0.4) is 0 Å². The number of aromatic nitrogens is 2. The Balaban J connectivity index is 2.08. The number of nitrogens with two attached hydrogens (primary N) is 1. The van der Waals surface area contributed by atoms with Gasteiger partial charge in [-0.1, -0.05) is 12.1 Å². The van der Waals surface area contributed by atoms with Gasteiger partial charge in [0.2, 0.25) is 5.95 Å². The molecule has 7 nitrogen and oxygen atoms in total. The normalized spacial score (nSPS) is 11.1. The monoisotopic (exact) mass is 306 g/mol. The average molecular weight is 306 g/mol. The third-order valence-corrected chi connectivity index (χ3v) is 3.43. The molecule has 110 valence electrons. The number of nitrogens with one attached hydrogen (secondary N) is 1. The third-order valence-electron chi connectivity index (χ3n) is 2.58. The lowest BCUT2D eigenvalue weighted by Gasteiger charge is -2.06. The number of primary amides is 1. The maximum atomic E-state index is 11.2. The molecule has 0 saturated carbocycles. The van der Waals surface area contributed by atoms with Gasteiger partial charge >= 0.3 is 0 Å². The molecule has 0 atom stereocenters. The summed E-state index contributed by atoms with van der Waals surface area (Å²) in [5.41, 5.74) is 6.73. The number of carbonyl (C=O) groups excluding carboxylic acids is 1. The molecule has 1 heterocycles. The zero-order valence-corrected chi connectivity index (χ0v) is 12.1. The summed E-state index contributed by atoms with van der Waals surface area (Å²) in [5.74, 6) is -0.278. The highest BCUT2D eigenvalue weighted by Crippen LogP contribution is 2.15. The van der Waals surface area contributed by atoms with Crippen LogP contribution in [0.5, 0.6) is 0 Å². The van der Waals surface area contributed by atoms with Crippen LogP contribution in [0.25, 0.3) is 0 Å². The zero-order valence-electron chi connectivity index (χ0n) is 11.3. The lowest BCUT2D eigenvalue weighted by molar-refractivity contribution is 0.0999. The number of hydrogen-bond donors (Lipinski definition) is 2. The van der Waals surface area contributed by atoms with Crippen molar-refractivity contribution in [1.82, 2.24) is 9.97 Å². The predicted octanol–water partition coefficient (Wildman–Crippen LogP) is 0.864.